The smallest absolute Gasteiger partial charge is 0.213 e. The number of ketones is 1. The molecule has 8 rings (SSSR count). The third kappa shape index (κ3) is 6.13. The van der Waals surface area contributed by atoms with Crippen molar-refractivity contribution in [1.29, 1.82) is 0 Å². The van der Waals surface area contributed by atoms with Gasteiger partial charge in [0.05, 0.1) is 15.8 Å². The van der Waals surface area contributed by atoms with E-state index in [4.69, 9.17) is 0 Å². The van der Waals surface area contributed by atoms with E-state index in [1.165, 1.54) is 0 Å². The van der Waals surface area contributed by atoms with Gasteiger partial charge in [-0.2, -0.15) is 4.57 Å². The van der Waals surface area contributed by atoms with Gasteiger partial charge in [-0.25, -0.2) is 0 Å². The molecule has 0 spiro atoms. The van der Waals surface area contributed by atoms with Crippen molar-refractivity contribution in [2.24, 2.45) is 0 Å². The number of hydrogen-bond donors (Lipinski definition) is 0. The van der Waals surface area contributed by atoms with E-state index in [0.717, 1.165) is 82.5 Å². The molecular weight excluding hydrogens is 669 g/mol. The van der Waals surface area contributed by atoms with Gasteiger partial charge in [0.2, 0.25) is 16.4 Å². The van der Waals surface area contributed by atoms with E-state index in [2.05, 4.69) is 35.4 Å². The summed E-state index contributed by atoms with van der Waals surface area (Å²) in [6.45, 7) is 6.15. The predicted octanol–water partition coefficient (Wildman–Crippen LogP) is 5.49. The Morgan fingerprint density at radius 2 is 1.35 bits per heavy atom. The molecule has 0 fully saturated rings. The highest BCUT2D eigenvalue weighted by Crippen LogP contribution is 2.36. The van der Waals surface area contributed by atoms with Gasteiger partial charge >= 0.3 is 0 Å². The van der Waals surface area contributed by atoms with Crippen molar-refractivity contribution >= 4 is 39.6 Å². The largest absolute Gasteiger partial charge is 0.871 e. The Balaban J connectivity index is 1.10. The van der Waals surface area contributed by atoms with Gasteiger partial charge in [-0.1, -0.05) is 111 Å². The number of anilines is 1. The first-order valence-electron chi connectivity index (χ1n) is 18.8. The van der Waals surface area contributed by atoms with E-state index in [0.29, 0.717) is 10.4 Å². The Hall–Kier alpha value is -6.40. The number of para-hydroxylation sites is 2. The Labute approximate surface area is 312 Å². The molecule has 0 atom stereocenters. The molecule has 1 aliphatic heterocycles. The van der Waals surface area contributed by atoms with E-state index in [1.807, 2.05) is 85.2 Å². The van der Waals surface area contributed by atoms with Crippen LogP contribution >= 0.6 is 0 Å². The summed E-state index contributed by atoms with van der Waals surface area (Å²) >= 11 is 0. The Morgan fingerprint density at radius 1 is 0.704 bits per heavy atom. The molecule has 6 heteroatoms. The quantitative estimate of drug-likeness (QED) is 0.196. The minimum atomic E-state index is -0.250. The highest BCUT2D eigenvalue weighted by Gasteiger charge is 2.27. The van der Waals surface area contributed by atoms with Crippen molar-refractivity contribution < 1.29 is 14.5 Å². The highest BCUT2D eigenvalue weighted by molar-refractivity contribution is 6.37. The van der Waals surface area contributed by atoms with E-state index >= 15 is 0 Å². The van der Waals surface area contributed by atoms with Crippen molar-refractivity contribution in [3.63, 3.8) is 0 Å². The number of rotatable bonds is 8. The molecule has 6 nitrogen and oxygen atoms in total. The lowest BCUT2D eigenvalue weighted by Crippen LogP contribution is -2.49. The van der Waals surface area contributed by atoms with Crippen molar-refractivity contribution in [3.05, 3.63) is 202 Å². The normalized spacial score (nSPS) is 14.6. The molecule has 0 amide bonds. The van der Waals surface area contributed by atoms with Crippen LogP contribution in [0, 0.1) is 20.9 Å². The van der Waals surface area contributed by atoms with Gasteiger partial charge in [0.15, 0.2) is 12.0 Å². The fourth-order valence-corrected chi connectivity index (χ4v) is 7.50. The van der Waals surface area contributed by atoms with Crippen molar-refractivity contribution in [2.75, 3.05) is 11.4 Å². The number of Topliss-reactive ketones (excluding diaryl/α,β-unsaturated/α-hetero) is 1. The molecular formula is C48H40N2O4. The summed E-state index contributed by atoms with van der Waals surface area (Å²) in [4.78, 5) is 42.1. The maximum absolute atomic E-state index is 13.3. The molecule has 0 N–H and O–H groups in total. The molecule has 0 saturated heterocycles. The van der Waals surface area contributed by atoms with Crippen LogP contribution in [-0.4, -0.2) is 12.3 Å². The van der Waals surface area contributed by atoms with Crippen LogP contribution < -0.4 is 35.9 Å². The van der Waals surface area contributed by atoms with Gasteiger partial charge in [-0.3, -0.25) is 14.4 Å². The number of aromatic nitrogens is 1. The maximum atomic E-state index is 13.3. The number of hydrogen-bond acceptors (Lipinski definition) is 5. The average Bonchev–Trinajstić information content (AvgIpc) is 3.21. The minimum absolute atomic E-state index is 0.197. The van der Waals surface area contributed by atoms with Crippen LogP contribution in [0.4, 0.5) is 5.69 Å². The predicted molar refractivity (Wildman–Crippen MR) is 213 cm³/mol. The standard InChI is InChI=1S/C48H40N2O4/c1-3-5-25-49-27-23-35(37-11-7-9-13-41(37)49)29-39-45(51)43(46(39)52)33-19-15-31(16-20-33)32-17-21-34(22-18-32)44-47(53)40(48(44)54)30-36-24-28-50(26-6-4-2)42-14-10-8-12-38(36)42/h7-24,27-30H,3-6,25-26H2,1-2H3/b35-29-. The number of allylic oxidation sites excluding steroid dienone is 5. The summed E-state index contributed by atoms with van der Waals surface area (Å²) < 4.78 is 2.22. The molecule has 0 bridgehead atoms. The second kappa shape index (κ2) is 14.6. The Kier molecular flexibility index (Phi) is 9.34. The van der Waals surface area contributed by atoms with Crippen molar-refractivity contribution in [2.45, 2.75) is 46.1 Å². The second-order valence-electron chi connectivity index (χ2n) is 14.0. The van der Waals surface area contributed by atoms with Crippen LogP contribution in [-0.2, 0) is 11.3 Å². The summed E-state index contributed by atoms with van der Waals surface area (Å²) in [6, 6.07) is 32.8. The number of aryl methyl sites for hydroxylation is 1. The van der Waals surface area contributed by atoms with Gasteiger partial charge < -0.3 is 10.0 Å². The molecule has 0 radical (unpaired) electrons. The SMILES string of the molecule is CCCCN1C=C/C(=C/C2=C([O-])C(=c3ccc(=c4ccc(=c5c(=O)c(=Cc6cc[n+](CCCC)c7ccccc67)c5=O)cc4)cc3)C2=O)c2ccccc21. The summed E-state index contributed by atoms with van der Waals surface area (Å²) in [5, 5.41) is 17.6. The Bertz CT molecular complexity index is 2920. The van der Waals surface area contributed by atoms with E-state index in [9.17, 15) is 19.5 Å². The molecule has 54 heavy (non-hydrogen) atoms. The van der Waals surface area contributed by atoms with Gasteiger partial charge in [0.1, 0.15) is 6.54 Å². The lowest BCUT2D eigenvalue weighted by atomic mass is 9.84. The number of carbonyl (C=O) groups is 1. The molecule has 0 unspecified atom stereocenters. The molecule has 2 heterocycles. The highest BCUT2D eigenvalue weighted by atomic mass is 16.3. The molecule has 2 aliphatic rings. The zero-order chi connectivity index (χ0) is 37.3. The first-order chi connectivity index (χ1) is 26.4. The van der Waals surface area contributed by atoms with Gasteiger partial charge in [0, 0.05) is 53.7 Å². The second-order valence-corrected chi connectivity index (χ2v) is 14.0. The van der Waals surface area contributed by atoms with Crippen LogP contribution in [0.2, 0.25) is 0 Å². The topological polar surface area (TPSA) is 81.4 Å². The van der Waals surface area contributed by atoms with Crippen molar-refractivity contribution in [3.8, 4) is 0 Å². The number of fused-ring (bicyclic) bond motifs is 2. The van der Waals surface area contributed by atoms with Crippen molar-refractivity contribution in [1.82, 2.24) is 0 Å². The van der Waals surface area contributed by atoms with Crippen LogP contribution in [0.25, 0.3) is 28.1 Å². The Morgan fingerprint density at radius 3 is 2.06 bits per heavy atom. The zero-order valence-corrected chi connectivity index (χ0v) is 30.5. The molecule has 1 aliphatic carbocycles. The number of pyridine rings is 1. The fourth-order valence-electron chi connectivity index (χ4n) is 7.50. The summed E-state index contributed by atoms with van der Waals surface area (Å²) in [5.41, 5.74) is 4.75. The maximum Gasteiger partial charge on any atom is 0.213 e. The van der Waals surface area contributed by atoms with Crippen LogP contribution in [0.3, 0.4) is 0 Å². The molecule has 0 saturated carbocycles. The monoisotopic (exact) mass is 708 g/mol. The van der Waals surface area contributed by atoms with E-state index in [1.54, 1.807) is 36.4 Å². The summed E-state index contributed by atoms with van der Waals surface area (Å²) in [6.07, 6.45) is 13.8. The fraction of sp³-hybridized carbons (Fsp3) is 0.167. The van der Waals surface area contributed by atoms with Crippen LogP contribution in [0.15, 0.2) is 149 Å². The van der Waals surface area contributed by atoms with Crippen LogP contribution in [0.1, 0.15) is 50.7 Å². The van der Waals surface area contributed by atoms with Crippen LogP contribution in [0.5, 0.6) is 0 Å². The average molecular weight is 709 g/mol. The molecule has 6 aromatic rings. The van der Waals surface area contributed by atoms with E-state index < -0.39 is 0 Å². The number of carbonyl (C=O) groups excluding carboxylic acids is 1. The lowest BCUT2D eigenvalue weighted by Gasteiger charge is -2.31. The molecule has 5 aromatic carbocycles. The number of benzene rings is 4. The van der Waals surface area contributed by atoms with Gasteiger partial charge in [-0.05, 0) is 68.8 Å². The zero-order valence-electron chi connectivity index (χ0n) is 30.5. The first-order valence-corrected chi connectivity index (χ1v) is 18.8. The first kappa shape index (κ1) is 34.7. The number of unbranched alkanes of at least 4 members (excludes halogenated alkanes) is 2. The molecule has 1 aromatic heterocycles. The lowest BCUT2D eigenvalue weighted by molar-refractivity contribution is -0.671. The van der Waals surface area contributed by atoms with Gasteiger partial charge in [-0.15, -0.1) is 0 Å². The minimum Gasteiger partial charge on any atom is -0.871 e. The summed E-state index contributed by atoms with van der Waals surface area (Å²) in [5.74, 6) is -0.500. The van der Waals surface area contributed by atoms with E-state index in [-0.39, 0.29) is 44.0 Å². The summed E-state index contributed by atoms with van der Waals surface area (Å²) in [7, 11) is 0. The third-order valence-corrected chi connectivity index (χ3v) is 10.6. The van der Waals surface area contributed by atoms with Gasteiger partial charge in [0.25, 0.3) is 0 Å². The number of nitrogens with zero attached hydrogens (tertiary/aromatic N) is 2. The molecule has 266 valence electrons. The third-order valence-electron chi connectivity index (χ3n) is 10.6.